The molecular formula is C17H21BrN2. The van der Waals surface area contributed by atoms with Gasteiger partial charge in [0.2, 0.25) is 0 Å². The van der Waals surface area contributed by atoms with E-state index in [1.165, 1.54) is 16.8 Å². The van der Waals surface area contributed by atoms with Gasteiger partial charge < -0.3 is 10.6 Å². The Bertz CT molecular complexity index is 540. The Kier molecular flexibility index (Phi) is 5.62. The summed E-state index contributed by atoms with van der Waals surface area (Å²) in [6.45, 7) is 4.77. The van der Waals surface area contributed by atoms with Crippen LogP contribution in [0.15, 0.2) is 53.0 Å². The zero-order valence-electron chi connectivity index (χ0n) is 11.8. The zero-order chi connectivity index (χ0) is 14.4. The third-order valence-electron chi connectivity index (χ3n) is 3.40. The van der Waals surface area contributed by atoms with E-state index in [1.54, 1.807) is 0 Å². The van der Waals surface area contributed by atoms with Gasteiger partial charge in [0.25, 0.3) is 0 Å². The van der Waals surface area contributed by atoms with Crippen LogP contribution >= 0.6 is 15.9 Å². The van der Waals surface area contributed by atoms with Crippen molar-refractivity contribution in [2.24, 2.45) is 5.73 Å². The van der Waals surface area contributed by atoms with Crippen molar-refractivity contribution in [3.63, 3.8) is 0 Å². The summed E-state index contributed by atoms with van der Waals surface area (Å²) in [6.07, 6.45) is 0.911. The number of nitrogens with zero attached hydrogens (tertiary/aromatic N) is 1. The Hall–Kier alpha value is -1.32. The summed E-state index contributed by atoms with van der Waals surface area (Å²) in [6, 6.07) is 17.0. The maximum Gasteiger partial charge on any atom is 0.0429 e. The van der Waals surface area contributed by atoms with Gasteiger partial charge in [0, 0.05) is 23.2 Å². The minimum Gasteiger partial charge on any atom is -0.367 e. The SMILES string of the molecule is CCN(Cc1ccccc1)c1cc(Br)ccc1CCN. The quantitative estimate of drug-likeness (QED) is 0.866. The average Bonchev–Trinajstić information content (AvgIpc) is 2.48. The molecule has 0 aromatic heterocycles. The van der Waals surface area contributed by atoms with E-state index in [4.69, 9.17) is 5.73 Å². The maximum atomic E-state index is 5.73. The predicted molar refractivity (Wildman–Crippen MR) is 90.1 cm³/mol. The molecule has 0 heterocycles. The van der Waals surface area contributed by atoms with E-state index >= 15 is 0 Å². The molecule has 0 atom stereocenters. The third kappa shape index (κ3) is 3.84. The molecule has 0 unspecified atom stereocenters. The normalized spacial score (nSPS) is 10.6. The molecule has 2 N–H and O–H groups in total. The first-order chi connectivity index (χ1) is 9.74. The fourth-order valence-electron chi connectivity index (χ4n) is 2.37. The van der Waals surface area contributed by atoms with Gasteiger partial charge in [0.1, 0.15) is 0 Å². The van der Waals surface area contributed by atoms with E-state index in [0.717, 1.165) is 24.0 Å². The van der Waals surface area contributed by atoms with E-state index in [0.29, 0.717) is 6.54 Å². The molecule has 0 aliphatic heterocycles. The van der Waals surface area contributed by atoms with Crippen molar-refractivity contribution in [2.45, 2.75) is 19.9 Å². The standard InChI is InChI=1S/C17H21BrN2/c1-2-20(13-14-6-4-3-5-7-14)17-12-16(18)9-8-15(17)10-11-19/h3-9,12H,2,10-11,13,19H2,1H3. The van der Waals surface area contributed by atoms with Crippen molar-refractivity contribution < 1.29 is 0 Å². The van der Waals surface area contributed by atoms with Gasteiger partial charge >= 0.3 is 0 Å². The van der Waals surface area contributed by atoms with Crippen LogP contribution in [0.4, 0.5) is 5.69 Å². The van der Waals surface area contributed by atoms with Crippen molar-refractivity contribution in [2.75, 3.05) is 18.0 Å². The Morgan fingerprint density at radius 2 is 1.85 bits per heavy atom. The second-order valence-corrected chi connectivity index (χ2v) is 5.73. The number of benzene rings is 2. The molecule has 0 fully saturated rings. The van der Waals surface area contributed by atoms with Crippen molar-refractivity contribution in [1.82, 2.24) is 0 Å². The summed E-state index contributed by atoms with van der Waals surface area (Å²) < 4.78 is 1.11. The summed E-state index contributed by atoms with van der Waals surface area (Å²) in [4.78, 5) is 2.39. The molecular weight excluding hydrogens is 312 g/mol. The van der Waals surface area contributed by atoms with Crippen molar-refractivity contribution in [3.05, 3.63) is 64.1 Å². The number of hydrogen-bond donors (Lipinski definition) is 1. The summed E-state index contributed by atoms with van der Waals surface area (Å²) >= 11 is 3.57. The summed E-state index contributed by atoms with van der Waals surface area (Å²) in [5, 5.41) is 0. The first kappa shape index (κ1) is 15.1. The molecule has 0 aliphatic rings. The van der Waals surface area contributed by atoms with Crippen LogP contribution in [-0.4, -0.2) is 13.1 Å². The fraction of sp³-hybridized carbons (Fsp3) is 0.294. The van der Waals surface area contributed by atoms with Crippen LogP contribution < -0.4 is 10.6 Å². The molecule has 0 radical (unpaired) electrons. The molecule has 2 nitrogen and oxygen atoms in total. The fourth-order valence-corrected chi connectivity index (χ4v) is 2.72. The molecule has 2 aromatic rings. The molecule has 2 rings (SSSR count). The lowest BCUT2D eigenvalue weighted by atomic mass is 10.1. The van der Waals surface area contributed by atoms with E-state index in [-0.39, 0.29) is 0 Å². The van der Waals surface area contributed by atoms with Crippen LogP contribution in [0.5, 0.6) is 0 Å². The molecule has 2 aromatic carbocycles. The smallest absolute Gasteiger partial charge is 0.0429 e. The lowest BCUT2D eigenvalue weighted by molar-refractivity contribution is 0.818. The van der Waals surface area contributed by atoms with Crippen molar-refractivity contribution in [1.29, 1.82) is 0 Å². The summed E-state index contributed by atoms with van der Waals surface area (Å²) in [5.74, 6) is 0. The monoisotopic (exact) mass is 332 g/mol. The second kappa shape index (κ2) is 7.46. The Morgan fingerprint density at radius 3 is 2.50 bits per heavy atom. The minimum atomic E-state index is 0.678. The van der Waals surface area contributed by atoms with Crippen LogP contribution in [-0.2, 0) is 13.0 Å². The Labute approximate surface area is 129 Å². The van der Waals surface area contributed by atoms with Gasteiger partial charge in [-0.05, 0) is 43.1 Å². The van der Waals surface area contributed by atoms with E-state index < -0.39 is 0 Å². The highest BCUT2D eigenvalue weighted by atomic mass is 79.9. The maximum absolute atomic E-state index is 5.73. The zero-order valence-corrected chi connectivity index (χ0v) is 13.4. The second-order valence-electron chi connectivity index (χ2n) is 4.81. The van der Waals surface area contributed by atoms with Gasteiger partial charge in [0.15, 0.2) is 0 Å². The molecule has 3 heteroatoms. The summed E-state index contributed by atoms with van der Waals surface area (Å²) in [7, 11) is 0. The molecule has 0 spiro atoms. The molecule has 0 saturated heterocycles. The van der Waals surface area contributed by atoms with E-state index in [1.807, 2.05) is 0 Å². The number of halogens is 1. The highest BCUT2D eigenvalue weighted by Crippen LogP contribution is 2.27. The van der Waals surface area contributed by atoms with Gasteiger partial charge in [-0.1, -0.05) is 52.3 Å². The topological polar surface area (TPSA) is 29.3 Å². The van der Waals surface area contributed by atoms with Crippen LogP contribution in [0.2, 0.25) is 0 Å². The van der Waals surface area contributed by atoms with Crippen LogP contribution in [0, 0.1) is 0 Å². The highest BCUT2D eigenvalue weighted by Gasteiger charge is 2.10. The van der Waals surface area contributed by atoms with Crippen molar-refractivity contribution in [3.8, 4) is 0 Å². The van der Waals surface area contributed by atoms with Gasteiger partial charge in [-0.3, -0.25) is 0 Å². The Morgan fingerprint density at radius 1 is 1.10 bits per heavy atom. The molecule has 20 heavy (non-hydrogen) atoms. The molecule has 0 bridgehead atoms. The van der Waals surface area contributed by atoms with Gasteiger partial charge in [0.05, 0.1) is 0 Å². The Balaban J connectivity index is 2.28. The number of anilines is 1. The van der Waals surface area contributed by atoms with Crippen LogP contribution in [0.3, 0.4) is 0 Å². The first-order valence-electron chi connectivity index (χ1n) is 7.02. The van der Waals surface area contributed by atoms with Gasteiger partial charge in [-0.15, -0.1) is 0 Å². The highest BCUT2D eigenvalue weighted by molar-refractivity contribution is 9.10. The minimum absolute atomic E-state index is 0.678. The molecule has 0 amide bonds. The lowest BCUT2D eigenvalue weighted by Gasteiger charge is -2.26. The van der Waals surface area contributed by atoms with Gasteiger partial charge in [-0.25, -0.2) is 0 Å². The lowest BCUT2D eigenvalue weighted by Crippen LogP contribution is -2.23. The summed E-state index contributed by atoms with van der Waals surface area (Å²) in [5.41, 5.74) is 9.65. The first-order valence-corrected chi connectivity index (χ1v) is 7.81. The number of hydrogen-bond acceptors (Lipinski definition) is 2. The average molecular weight is 333 g/mol. The van der Waals surface area contributed by atoms with Gasteiger partial charge in [-0.2, -0.15) is 0 Å². The molecule has 0 aliphatic carbocycles. The molecule has 106 valence electrons. The van der Waals surface area contributed by atoms with E-state index in [2.05, 4.69) is 76.3 Å². The van der Waals surface area contributed by atoms with Crippen LogP contribution in [0.25, 0.3) is 0 Å². The predicted octanol–water partition coefficient (Wildman–Crippen LogP) is 3.98. The number of nitrogens with two attached hydrogens (primary N) is 1. The molecule has 0 saturated carbocycles. The third-order valence-corrected chi connectivity index (χ3v) is 3.89. The van der Waals surface area contributed by atoms with Crippen molar-refractivity contribution >= 4 is 21.6 Å². The van der Waals surface area contributed by atoms with E-state index in [9.17, 15) is 0 Å². The number of rotatable bonds is 6. The largest absolute Gasteiger partial charge is 0.367 e. The van der Waals surface area contributed by atoms with Crippen LogP contribution in [0.1, 0.15) is 18.1 Å².